The first-order valence-corrected chi connectivity index (χ1v) is 10.4. The monoisotopic (exact) mass is 411 g/mol. The summed E-state index contributed by atoms with van der Waals surface area (Å²) >= 11 is 3.06. The predicted molar refractivity (Wildman–Crippen MR) is 108 cm³/mol. The molecule has 0 aliphatic heterocycles. The van der Waals surface area contributed by atoms with Crippen LogP contribution in [0.5, 0.6) is 0 Å². The third-order valence-corrected chi connectivity index (χ3v) is 5.86. The van der Waals surface area contributed by atoms with Gasteiger partial charge in [-0.3, -0.25) is 9.78 Å². The largest absolute Gasteiger partial charge is 0.455 e. The second-order valence-electron chi connectivity index (χ2n) is 5.92. The molecule has 0 radical (unpaired) electrons. The molecule has 1 N–H and O–H groups in total. The number of carbonyl (C=O) groups is 1. The standard InChI is InChI=1S/C19H17N5O2S2/c1-24-9-8-21-19(24)28-11-14-2-3-16(26-14)18(25)22-10-17-23-15(12-27-17)13-4-6-20-7-5-13/h2-9,12H,10-11H2,1H3,(H,22,25). The molecule has 0 saturated carbocycles. The number of aryl methyl sites for hydroxylation is 1. The van der Waals surface area contributed by atoms with Gasteiger partial charge in [-0.15, -0.1) is 11.3 Å². The number of nitrogens with one attached hydrogen (secondary N) is 1. The molecule has 0 aromatic carbocycles. The van der Waals surface area contributed by atoms with Crippen molar-refractivity contribution in [3.05, 3.63) is 71.0 Å². The zero-order chi connectivity index (χ0) is 19.3. The van der Waals surface area contributed by atoms with E-state index in [1.54, 1.807) is 36.4 Å². The minimum absolute atomic E-state index is 0.256. The molecule has 0 fully saturated rings. The van der Waals surface area contributed by atoms with Crippen LogP contribution in [0.3, 0.4) is 0 Å². The van der Waals surface area contributed by atoms with E-state index in [1.165, 1.54) is 11.3 Å². The average Bonchev–Trinajstić information content (AvgIpc) is 3.46. The van der Waals surface area contributed by atoms with Crippen molar-refractivity contribution in [3.8, 4) is 11.3 Å². The lowest BCUT2D eigenvalue weighted by molar-refractivity contribution is 0.0921. The maximum absolute atomic E-state index is 12.3. The summed E-state index contributed by atoms with van der Waals surface area (Å²) in [6.45, 7) is 0.354. The van der Waals surface area contributed by atoms with E-state index in [9.17, 15) is 4.79 Å². The first-order chi connectivity index (χ1) is 13.7. The van der Waals surface area contributed by atoms with Gasteiger partial charge in [-0.05, 0) is 24.3 Å². The van der Waals surface area contributed by atoms with E-state index >= 15 is 0 Å². The van der Waals surface area contributed by atoms with Gasteiger partial charge >= 0.3 is 0 Å². The van der Waals surface area contributed by atoms with Crippen LogP contribution in [0.1, 0.15) is 21.3 Å². The maximum Gasteiger partial charge on any atom is 0.287 e. The molecule has 0 unspecified atom stereocenters. The summed E-state index contributed by atoms with van der Waals surface area (Å²) in [4.78, 5) is 25.1. The summed E-state index contributed by atoms with van der Waals surface area (Å²) in [5.41, 5.74) is 1.88. The fraction of sp³-hybridized carbons (Fsp3) is 0.158. The first kappa shape index (κ1) is 18.5. The molecule has 4 aromatic rings. The van der Waals surface area contributed by atoms with Gasteiger partial charge in [0.15, 0.2) is 10.9 Å². The lowest BCUT2D eigenvalue weighted by Gasteiger charge is -2.01. The minimum Gasteiger partial charge on any atom is -0.455 e. The molecule has 0 saturated heterocycles. The molecule has 0 spiro atoms. The maximum atomic E-state index is 12.3. The fourth-order valence-electron chi connectivity index (χ4n) is 2.49. The van der Waals surface area contributed by atoms with Crippen LogP contribution in [0.4, 0.5) is 0 Å². The van der Waals surface area contributed by atoms with Crippen LogP contribution in [0.25, 0.3) is 11.3 Å². The Morgan fingerprint density at radius 1 is 1.25 bits per heavy atom. The zero-order valence-corrected chi connectivity index (χ0v) is 16.7. The van der Waals surface area contributed by atoms with Gasteiger partial charge in [-0.25, -0.2) is 9.97 Å². The molecule has 28 heavy (non-hydrogen) atoms. The predicted octanol–water partition coefficient (Wildman–Crippen LogP) is 3.75. The fourth-order valence-corrected chi connectivity index (χ4v) is 4.06. The number of nitrogens with zero attached hydrogens (tertiary/aromatic N) is 4. The number of furan rings is 1. The van der Waals surface area contributed by atoms with Crippen molar-refractivity contribution in [2.45, 2.75) is 17.5 Å². The quantitative estimate of drug-likeness (QED) is 0.466. The number of carbonyl (C=O) groups excluding carboxylic acids is 1. The van der Waals surface area contributed by atoms with Crippen LogP contribution in [0.2, 0.25) is 0 Å². The Bertz CT molecular complexity index is 1070. The molecule has 9 heteroatoms. The normalized spacial score (nSPS) is 10.9. The van der Waals surface area contributed by atoms with Crippen LogP contribution in [0.15, 0.2) is 64.0 Å². The number of imidazole rings is 1. The highest BCUT2D eigenvalue weighted by molar-refractivity contribution is 7.98. The Balaban J connectivity index is 1.31. The van der Waals surface area contributed by atoms with Gasteiger partial charge in [0, 0.05) is 42.8 Å². The third-order valence-electron chi connectivity index (χ3n) is 3.93. The Kier molecular flexibility index (Phi) is 5.54. The van der Waals surface area contributed by atoms with E-state index in [-0.39, 0.29) is 5.91 Å². The van der Waals surface area contributed by atoms with Crippen LogP contribution >= 0.6 is 23.1 Å². The highest BCUT2D eigenvalue weighted by atomic mass is 32.2. The molecular formula is C19H17N5O2S2. The summed E-state index contributed by atoms with van der Waals surface area (Å²) in [5.74, 6) is 1.38. The van der Waals surface area contributed by atoms with Gasteiger partial charge < -0.3 is 14.3 Å². The minimum atomic E-state index is -0.256. The van der Waals surface area contributed by atoms with Crippen molar-refractivity contribution < 1.29 is 9.21 Å². The van der Waals surface area contributed by atoms with Crippen molar-refractivity contribution in [3.63, 3.8) is 0 Å². The molecule has 0 aliphatic rings. The van der Waals surface area contributed by atoms with Crippen LogP contribution < -0.4 is 5.32 Å². The average molecular weight is 412 g/mol. The molecule has 142 valence electrons. The number of rotatable bonds is 7. The highest BCUT2D eigenvalue weighted by Gasteiger charge is 2.13. The van der Waals surface area contributed by atoms with Crippen LogP contribution in [-0.2, 0) is 19.3 Å². The second kappa shape index (κ2) is 8.41. The van der Waals surface area contributed by atoms with Crippen molar-refractivity contribution >= 4 is 29.0 Å². The molecule has 0 bridgehead atoms. The number of hydrogen-bond donors (Lipinski definition) is 1. The summed E-state index contributed by atoms with van der Waals surface area (Å²) in [6.07, 6.45) is 7.11. The van der Waals surface area contributed by atoms with Gasteiger partial charge in [0.1, 0.15) is 10.8 Å². The van der Waals surface area contributed by atoms with Gasteiger partial charge in [0.25, 0.3) is 5.91 Å². The van der Waals surface area contributed by atoms with Gasteiger partial charge in [0.2, 0.25) is 0 Å². The Labute approximate surface area is 169 Å². The molecule has 4 aromatic heterocycles. The first-order valence-electron chi connectivity index (χ1n) is 8.51. The number of pyridine rings is 1. The third kappa shape index (κ3) is 4.32. The zero-order valence-electron chi connectivity index (χ0n) is 15.0. The lowest BCUT2D eigenvalue weighted by atomic mass is 10.2. The van der Waals surface area contributed by atoms with Crippen molar-refractivity contribution in [2.24, 2.45) is 7.05 Å². The topological polar surface area (TPSA) is 85.8 Å². The molecule has 0 aliphatic carbocycles. The molecule has 7 nitrogen and oxygen atoms in total. The van der Waals surface area contributed by atoms with Gasteiger partial charge in [0.05, 0.1) is 18.0 Å². The molecular weight excluding hydrogens is 394 g/mol. The summed E-state index contributed by atoms with van der Waals surface area (Å²) < 4.78 is 7.59. The van der Waals surface area contributed by atoms with Crippen molar-refractivity contribution in [1.82, 2.24) is 24.8 Å². The molecule has 4 heterocycles. The van der Waals surface area contributed by atoms with Crippen LogP contribution in [0, 0.1) is 0 Å². The number of thioether (sulfide) groups is 1. The van der Waals surface area contributed by atoms with E-state index in [2.05, 4.69) is 20.3 Å². The summed E-state index contributed by atoms with van der Waals surface area (Å²) in [5, 5.41) is 6.55. The molecule has 1 amide bonds. The highest BCUT2D eigenvalue weighted by Crippen LogP contribution is 2.23. The Hall–Kier alpha value is -2.91. The number of aromatic nitrogens is 4. The van der Waals surface area contributed by atoms with Crippen molar-refractivity contribution in [1.29, 1.82) is 0 Å². The summed E-state index contributed by atoms with van der Waals surface area (Å²) in [6, 6.07) is 7.32. The van der Waals surface area contributed by atoms with E-state index in [0.717, 1.165) is 27.2 Å². The number of amides is 1. The Morgan fingerprint density at radius 2 is 2.11 bits per heavy atom. The van der Waals surface area contributed by atoms with Crippen LogP contribution in [-0.4, -0.2) is 25.4 Å². The van der Waals surface area contributed by atoms with E-state index in [1.807, 2.05) is 41.4 Å². The SMILES string of the molecule is Cn1ccnc1SCc1ccc(C(=O)NCc2nc(-c3ccncc3)cs2)o1. The second-order valence-corrected chi connectivity index (χ2v) is 7.81. The Morgan fingerprint density at radius 3 is 2.89 bits per heavy atom. The summed E-state index contributed by atoms with van der Waals surface area (Å²) in [7, 11) is 1.94. The molecule has 4 rings (SSSR count). The lowest BCUT2D eigenvalue weighted by Crippen LogP contribution is -2.22. The number of hydrogen-bond acceptors (Lipinski definition) is 7. The van der Waals surface area contributed by atoms with Gasteiger partial charge in [-0.1, -0.05) is 11.8 Å². The van der Waals surface area contributed by atoms with E-state index in [4.69, 9.17) is 4.42 Å². The van der Waals surface area contributed by atoms with Crippen molar-refractivity contribution in [2.75, 3.05) is 0 Å². The van der Waals surface area contributed by atoms with E-state index < -0.39 is 0 Å². The smallest absolute Gasteiger partial charge is 0.287 e. The van der Waals surface area contributed by atoms with Gasteiger partial charge in [-0.2, -0.15) is 0 Å². The number of thiazole rings is 1. The molecule has 0 atom stereocenters. The van der Waals surface area contributed by atoms with E-state index in [0.29, 0.717) is 18.1 Å².